The largest absolute Gasteiger partial charge is 0.444 e. The summed E-state index contributed by atoms with van der Waals surface area (Å²) in [7, 11) is 0. The first-order valence-corrected chi connectivity index (χ1v) is 5.28. The topological polar surface area (TPSA) is 64.1 Å². The number of nitrogens with one attached hydrogen (secondary N) is 1. The van der Waals surface area contributed by atoms with Crippen LogP contribution >= 0.6 is 0 Å². The first-order chi connectivity index (χ1) is 8.06. The zero-order chi connectivity index (χ0) is 12.4. The van der Waals surface area contributed by atoms with Crippen molar-refractivity contribution in [1.82, 2.24) is 4.98 Å². The van der Waals surface area contributed by atoms with Crippen LogP contribution in [0.15, 0.2) is 22.6 Å². The third-order valence-corrected chi connectivity index (χ3v) is 2.52. The summed E-state index contributed by atoms with van der Waals surface area (Å²) in [5.74, 6) is 1.04. The summed E-state index contributed by atoms with van der Waals surface area (Å²) in [6, 6.07) is 4.21. The predicted molar refractivity (Wildman–Crippen MR) is 64.1 cm³/mol. The average molecular weight is 235 g/mol. The molecule has 0 amide bonds. The third kappa shape index (κ3) is 2.55. The number of nitrogens with zero attached hydrogens (tertiary/aromatic N) is 1. The third-order valence-electron chi connectivity index (χ3n) is 2.52. The standard InChI is InChI=1S/C12H14FN3O/c1-7-8(2)17-12(16-7)6-15-11-4-3-9(13)5-10(11)14/h3-5,15H,6,14H2,1-2H3. The fourth-order valence-electron chi connectivity index (χ4n) is 1.48. The molecule has 2 rings (SSSR count). The molecule has 4 nitrogen and oxygen atoms in total. The van der Waals surface area contributed by atoms with Crippen molar-refractivity contribution in [2.75, 3.05) is 11.1 Å². The first kappa shape index (κ1) is 11.4. The molecule has 3 N–H and O–H groups in total. The molecule has 0 saturated heterocycles. The van der Waals surface area contributed by atoms with Gasteiger partial charge >= 0.3 is 0 Å². The van der Waals surface area contributed by atoms with Crippen molar-refractivity contribution in [2.45, 2.75) is 20.4 Å². The number of nitrogens with two attached hydrogens (primary N) is 1. The fourth-order valence-corrected chi connectivity index (χ4v) is 1.48. The molecular weight excluding hydrogens is 221 g/mol. The van der Waals surface area contributed by atoms with Crippen molar-refractivity contribution in [3.63, 3.8) is 0 Å². The molecule has 1 aromatic carbocycles. The number of benzene rings is 1. The van der Waals surface area contributed by atoms with Crippen molar-refractivity contribution < 1.29 is 8.81 Å². The smallest absolute Gasteiger partial charge is 0.213 e. The zero-order valence-corrected chi connectivity index (χ0v) is 9.75. The van der Waals surface area contributed by atoms with Crippen molar-refractivity contribution in [2.24, 2.45) is 0 Å². The monoisotopic (exact) mass is 235 g/mol. The summed E-state index contributed by atoms with van der Waals surface area (Å²) in [5.41, 5.74) is 7.57. The number of halogens is 1. The van der Waals surface area contributed by atoms with Gasteiger partial charge in [-0.05, 0) is 32.0 Å². The number of aromatic nitrogens is 1. The van der Waals surface area contributed by atoms with Gasteiger partial charge in [-0.1, -0.05) is 0 Å². The van der Waals surface area contributed by atoms with Crippen molar-refractivity contribution in [3.05, 3.63) is 41.4 Å². The Hall–Kier alpha value is -2.04. The molecule has 0 fully saturated rings. The van der Waals surface area contributed by atoms with E-state index in [4.69, 9.17) is 10.2 Å². The van der Waals surface area contributed by atoms with Crippen LogP contribution in [-0.2, 0) is 6.54 Å². The van der Waals surface area contributed by atoms with E-state index in [1.54, 1.807) is 6.07 Å². The molecule has 2 aromatic rings. The number of aryl methyl sites for hydroxylation is 2. The quantitative estimate of drug-likeness (QED) is 0.803. The second-order valence-corrected chi connectivity index (χ2v) is 3.83. The SMILES string of the molecule is Cc1nc(CNc2ccc(F)cc2N)oc1C. The molecule has 0 bridgehead atoms. The second kappa shape index (κ2) is 4.45. The molecule has 0 aliphatic carbocycles. The molecule has 0 unspecified atom stereocenters. The van der Waals surface area contributed by atoms with Gasteiger partial charge in [0.15, 0.2) is 0 Å². The Labute approximate surface area is 98.7 Å². The van der Waals surface area contributed by atoms with Gasteiger partial charge in [-0.2, -0.15) is 0 Å². The predicted octanol–water partition coefficient (Wildman–Crippen LogP) is 2.62. The number of hydrogen-bond acceptors (Lipinski definition) is 4. The Morgan fingerprint density at radius 2 is 2.18 bits per heavy atom. The van der Waals surface area contributed by atoms with Crippen LogP contribution in [0.4, 0.5) is 15.8 Å². The van der Waals surface area contributed by atoms with Crippen LogP contribution in [0.5, 0.6) is 0 Å². The highest BCUT2D eigenvalue weighted by atomic mass is 19.1. The molecule has 0 radical (unpaired) electrons. The highest BCUT2D eigenvalue weighted by molar-refractivity contribution is 5.65. The van der Waals surface area contributed by atoms with Crippen LogP contribution in [0, 0.1) is 19.7 Å². The van der Waals surface area contributed by atoms with E-state index >= 15 is 0 Å². The van der Waals surface area contributed by atoms with Crippen molar-refractivity contribution >= 4 is 11.4 Å². The molecule has 1 heterocycles. The van der Waals surface area contributed by atoms with E-state index in [2.05, 4.69) is 10.3 Å². The van der Waals surface area contributed by atoms with E-state index in [0.717, 1.165) is 11.5 Å². The molecule has 0 spiro atoms. The van der Waals surface area contributed by atoms with Gasteiger partial charge in [0, 0.05) is 0 Å². The van der Waals surface area contributed by atoms with E-state index in [9.17, 15) is 4.39 Å². The summed E-state index contributed by atoms with van der Waals surface area (Å²) in [6.07, 6.45) is 0. The molecule has 5 heteroatoms. The Kier molecular flexibility index (Phi) is 2.99. The summed E-state index contributed by atoms with van der Waals surface area (Å²) in [5, 5.41) is 3.05. The van der Waals surface area contributed by atoms with Gasteiger partial charge in [0.2, 0.25) is 5.89 Å². The van der Waals surface area contributed by atoms with Gasteiger partial charge in [0.05, 0.1) is 23.6 Å². The van der Waals surface area contributed by atoms with E-state index < -0.39 is 0 Å². The Balaban J connectivity index is 2.07. The maximum absolute atomic E-state index is 12.8. The molecule has 0 aliphatic rings. The van der Waals surface area contributed by atoms with Gasteiger partial charge in [0.25, 0.3) is 0 Å². The zero-order valence-electron chi connectivity index (χ0n) is 9.75. The Morgan fingerprint density at radius 3 is 2.76 bits per heavy atom. The number of rotatable bonds is 3. The lowest BCUT2D eigenvalue weighted by atomic mass is 10.2. The lowest BCUT2D eigenvalue weighted by Crippen LogP contribution is -2.03. The van der Waals surface area contributed by atoms with E-state index in [1.807, 2.05) is 13.8 Å². The van der Waals surface area contributed by atoms with Gasteiger partial charge in [-0.25, -0.2) is 9.37 Å². The maximum Gasteiger partial charge on any atom is 0.213 e. The van der Waals surface area contributed by atoms with E-state index in [1.165, 1.54) is 12.1 Å². The number of oxazole rings is 1. The fraction of sp³-hybridized carbons (Fsp3) is 0.250. The number of nitrogen functional groups attached to an aromatic ring is 1. The van der Waals surface area contributed by atoms with Crippen LogP contribution in [0.3, 0.4) is 0 Å². The van der Waals surface area contributed by atoms with Crippen LogP contribution in [0.2, 0.25) is 0 Å². The minimum Gasteiger partial charge on any atom is -0.444 e. The highest BCUT2D eigenvalue weighted by Crippen LogP contribution is 2.20. The number of hydrogen-bond donors (Lipinski definition) is 2. The molecule has 90 valence electrons. The lowest BCUT2D eigenvalue weighted by molar-refractivity contribution is 0.478. The molecule has 0 atom stereocenters. The molecular formula is C12H14FN3O. The van der Waals surface area contributed by atoms with Crippen LogP contribution < -0.4 is 11.1 Å². The Morgan fingerprint density at radius 1 is 1.41 bits per heavy atom. The van der Waals surface area contributed by atoms with E-state index in [0.29, 0.717) is 23.8 Å². The van der Waals surface area contributed by atoms with Crippen molar-refractivity contribution in [3.8, 4) is 0 Å². The lowest BCUT2D eigenvalue weighted by Gasteiger charge is -2.06. The van der Waals surface area contributed by atoms with Gasteiger partial charge in [0.1, 0.15) is 11.6 Å². The summed E-state index contributed by atoms with van der Waals surface area (Å²) in [4.78, 5) is 4.23. The van der Waals surface area contributed by atoms with Gasteiger partial charge in [-0.15, -0.1) is 0 Å². The summed E-state index contributed by atoms with van der Waals surface area (Å²) < 4.78 is 18.2. The van der Waals surface area contributed by atoms with Crippen LogP contribution in [0.1, 0.15) is 17.3 Å². The average Bonchev–Trinajstić information content (AvgIpc) is 2.57. The minimum atomic E-state index is -0.351. The van der Waals surface area contributed by atoms with Gasteiger partial charge in [-0.3, -0.25) is 0 Å². The Bertz CT molecular complexity index is 517. The van der Waals surface area contributed by atoms with Gasteiger partial charge < -0.3 is 15.5 Å². The highest BCUT2D eigenvalue weighted by Gasteiger charge is 2.06. The molecule has 0 saturated carbocycles. The second-order valence-electron chi connectivity index (χ2n) is 3.83. The maximum atomic E-state index is 12.8. The normalized spacial score (nSPS) is 10.5. The first-order valence-electron chi connectivity index (χ1n) is 5.28. The van der Waals surface area contributed by atoms with E-state index in [-0.39, 0.29) is 5.82 Å². The molecule has 17 heavy (non-hydrogen) atoms. The number of anilines is 2. The summed E-state index contributed by atoms with van der Waals surface area (Å²) in [6.45, 7) is 4.16. The minimum absolute atomic E-state index is 0.351. The molecule has 1 aromatic heterocycles. The summed E-state index contributed by atoms with van der Waals surface area (Å²) >= 11 is 0. The van der Waals surface area contributed by atoms with Crippen LogP contribution in [0.25, 0.3) is 0 Å². The van der Waals surface area contributed by atoms with Crippen LogP contribution in [-0.4, -0.2) is 4.98 Å². The molecule has 0 aliphatic heterocycles. The van der Waals surface area contributed by atoms with Crippen molar-refractivity contribution in [1.29, 1.82) is 0 Å².